The van der Waals surface area contributed by atoms with E-state index in [1.807, 2.05) is 30.3 Å². The number of likely N-dealkylation sites (tertiary alicyclic amines) is 1. The van der Waals surface area contributed by atoms with E-state index in [0.29, 0.717) is 52.1 Å². The van der Waals surface area contributed by atoms with E-state index < -0.39 is 6.04 Å². The van der Waals surface area contributed by atoms with Crippen molar-refractivity contribution in [3.8, 4) is 11.8 Å². The second-order valence-electron chi connectivity index (χ2n) is 6.82. The Morgan fingerprint density at radius 2 is 1.93 bits per heavy atom. The average molecular weight is 371 g/mol. The summed E-state index contributed by atoms with van der Waals surface area (Å²) in [7, 11) is 0. The number of hydrogen-bond acceptors (Lipinski definition) is 5. The topological polar surface area (TPSA) is 82.9 Å². The third-order valence-electron chi connectivity index (χ3n) is 5.09. The van der Waals surface area contributed by atoms with E-state index in [2.05, 4.69) is 6.07 Å². The van der Waals surface area contributed by atoms with Crippen LogP contribution in [0.2, 0.25) is 0 Å². The fourth-order valence-electron chi connectivity index (χ4n) is 3.52. The van der Waals surface area contributed by atoms with Gasteiger partial charge >= 0.3 is 0 Å². The van der Waals surface area contributed by atoms with Gasteiger partial charge in [0.2, 0.25) is 11.8 Å². The lowest BCUT2D eigenvalue weighted by atomic mass is 9.94. The molecular weight excluding hydrogens is 346 g/mol. The molecule has 0 bridgehead atoms. The second-order valence-corrected chi connectivity index (χ2v) is 6.82. The summed E-state index contributed by atoms with van der Waals surface area (Å²) in [6.45, 7) is 2.71. The normalized spacial score (nSPS) is 20.8. The highest BCUT2D eigenvalue weighted by molar-refractivity contribution is 5.81. The summed E-state index contributed by atoms with van der Waals surface area (Å²) in [6, 6.07) is 11.1. The van der Waals surface area contributed by atoms with Gasteiger partial charge in [0.1, 0.15) is 11.8 Å². The fraction of sp³-hybridized carbons (Fsp3) is 0.550. The Bertz CT molecular complexity index is 680. The van der Waals surface area contributed by atoms with Crippen molar-refractivity contribution >= 4 is 11.8 Å². The van der Waals surface area contributed by atoms with Crippen molar-refractivity contribution in [2.75, 3.05) is 39.5 Å². The first-order valence-electron chi connectivity index (χ1n) is 9.42. The Kier molecular flexibility index (Phi) is 6.66. The van der Waals surface area contributed by atoms with Crippen molar-refractivity contribution in [1.29, 1.82) is 5.26 Å². The Hall–Kier alpha value is -2.59. The van der Waals surface area contributed by atoms with Gasteiger partial charge in [-0.2, -0.15) is 5.26 Å². The van der Waals surface area contributed by atoms with Crippen LogP contribution in [0, 0.1) is 17.2 Å². The quantitative estimate of drug-likeness (QED) is 0.782. The van der Waals surface area contributed by atoms with Crippen molar-refractivity contribution in [3.05, 3.63) is 30.3 Å². The predicted octanol–water partition coefficient (Wildman–Crippen LogP) is 1.45. The maximum atomic E-state index is 12.7. The zero-order valence-corrected chi connectivity index (χ0v) is 15.4. The number of morpholine rings is 1. The van der Waals surface area contributed by atoms with E-state index in [-0.39, 0.29) is 24.3 Å². The highest BCUT2D eigenvalue weighted by Crippen LogP contribution is 2.22. The number of nitrogens with zero attached hydrogens (tertiary/aromatic N) is 3. The molecule has 0 saturated carbocycles. The SMILES string of the molecule is N#C[C@H]1COCCN1C(=O)C1CCN(C(=O)CCOc2ccccc2)CC1. The number of carbonyl (C=O) groups is 2. The summed E-state index contributed by atoms with van der Waals surface area (Å²) < 4.78 is 10.9. The van der Waals surface area contributed by atoms with Gasteiger partial charge in [-0.05, 0) is 25.0 Å². The number of hydrogen-bond donors (Lipinski definition) is 0. The zero-order chi connectivity index (χ0) is 19.1. The molecule has 7 nitrogen and oxygen atoms in total. The predicted molar refractivity (Wildman–Crippen MR) is 97.8 cm³/mol. The third-order valence-corrected chi connectivity index (χ3v) is 5.09. The number of ether oxygens (including phenoxy) is 2. The first-order valence-corrected chi connectivity index (χ1v) is 9.42. The van der Waals surface area contributed by atoms with Gasteiger partial charge in [-0.25, -0.2) is 0 Å². The first kappa shape index (κ1) is 19.2. The van der Waals surface area contributed by atoms with Crippen LogP contribution in [0.4, 0.5) is 0 Å². The van der Waals surface area contributed by atoms with Gasteiger partial charge in [0, 0.05) is 25.6 Å². The summed E-state index contributed by atoms with van der Waals surface area (Å²) in [4.78, 5) is 28.5. The molecule has 7 heteroatoms. The molecule has 3 rings (SSSR count). The highest BCUT2D eigenvalue weighted by atomic mass is 16.5. The van der Waals surface area contributed by atoms with Crippen molar-refractivity contribution < 1.29 is 19.1 Å². The number of carbonyl (C=O) groups excluding carboxylic acids is 2. The van der Waals surface area contributed by atoms with Crippen LogP contribution in [0.25, 0.3) is 0 Å². The minimum absolute atomic E-state index is 0.0179. The first-order chi connectivity index (χ1) is 13.2. The number of nitriles is 1. The van der Waals surface area contributed by atoms with Crippen LogP contribution in [0.5, 0.6) is 5.75 Å². The van der Waals surface area contributed by atoms with Gasteiger partial charge in [-0.1, -0.05) is 18.2 Å². The number of amides is 2. The lowest BCUT2D eigenvalue weighted by molar-refractivity contribution is -0.146. The van der Waals surface area contributed by atoms with Crippen LogP contribution < -0.4 is 4.74 Å². The van der Waals surface area contributed by atoms with Crippen molar-refractivity contribution in [2.24, 2.45) is 5.92 Å². The zero-order valence-electron chi connectivity index (χ0n) is 15.4. The third kappa shape index (κ3) is 4.98. The molecule has 0 aromatic heterocycles. The second kappa shape index (κ2) is 9.38. The number of para-hydroxylation sites is 1. The molecule has 1 aromatic rings. The van der Waals surface area contributed by atoms with E-state index in [1.54, 1.807) is 9.80 Å². The Labute approximate surface area is 159 Å². The number of benzene rings is 1. The van der Waals surface area contributed by atoms with Crippen molar-refractivity contribution in [2.45, 2.75) is 25.3 Å². The highest BCUT2D eigenvalue weighted by Gasteiger charge is 2.34. The smallest absolute Gasteiger partial charge is 0.227 e. The van der Waals surface area contributed by atoms with E-state index in [9.17, 15) is 14.9 Å². The Balaban J connectivity index is 1.42. The minimum Gasteiger partial charge on any atom is -0.493 e. The molecule has 1 aromatic carbocycles. The molecule has 2 amide bonds. The maximum absolute atomic E-state index is 12.7. The van der Waals surface area contributed by atoms with Gasteiger partial charge in [-0.15, -0.1) is 0 Å². The summed E-state index contributed by atoms with van der Waals surface area (Å²) in [5.74, 6) is 0.707. The molecule has 0 spiro atoms. The van der Waals surface area contributed by atoms with Crippen LogP contribution in [-0.4, -0.2) is 67.1 Å². The Morgan fingerprint density at radius 3 is 2.63 bits per heavy atom. The number of rotatable bonds is 5. The van der Waals surface area contributed by atoms with Gasteiger partial charge in [-0.3, -0.25) is 9.59 Å². The summed E-state index contributed by atoms with van der Waals surface area (Å²) >= 11 is 0. The van der Waals surface area contributed by atoms with E-state index in [0.717, 1.165) is 5.75 Å². The summed E-state index contributed by atoms with van der Waals surface area (Å²) in [5.41, 5.74) is 0. The summed E-state index contributed by atoms with van der Waals surface area (Å²) in [5, 5.41) is 9.20. The molecule has 2 aliphatic heterocycles. The van der Waals surface area contributed by atoms with Crippen molar-refractivity contribution in [1.82, 2.24) is 9.80 Å². The molecule has 2 heterocycles. The van der Waals surface area contributed by atoms with Crippen LogP contribution in [0.1, 0.15) is 19.3 Å². The maximum Gasteiger partial charge on any atom is 0.227 e. The molecule has 0 N–H and O–H groups in total. The number of piperidine rings is 1. The molecule has 144 valence electrons. The Morgan fingerprint density at radius 1 is 1.19 bits per heavy atom. The molecule has 0 aliphatic carbocycles. The lowest BCUT2D eigenvalue weighted by Crippen LogP contribution is -2.52. The minimum atomic E-state index is -0.499. The molecular formula is C20H25N3O4. The fourth-order valence-corrected chi connectivity index (χ4v) is 3.52. The average Bonchev–Trinajstić information content (AvgIpc) is 2.74. The molecule has 2 aliphatic rings. The summed E-state index contributed by atoms with van der Waals surface area (Å²) in [6.07, 6.45) is 1.60. The van der Waals surface area contributed by atoms with Crippen LogP contribution >= 0.6 is 0 Å². The monoisotopic (exact) mass is 371 g/mol. The van der Waals surface area contributed by atoms with Gasteiger partial charge in [0.25, 0.3) is 0 Å². The molecule has 2 saturated heterocycles. The standard InChI is InChI=1S/C20H25N3O4/c21-14-17-15-26-13-11-23(17)20(25)16-6-9-22(10-7-16)19(24)8-12-27-18-4-2-1-3-5-18/h1-5,16-17H,6-13,15H2/t17-/m0/s1. The largest absolute Gasteiger partial charge is 0.493 e. The molecule has 27 heavy (non-hydrogen) atoms. The van der Waals surface area contributed by atoms with E-state index in [1.165, 1.54) is 0 Å². The lowest BCUT2D eigenvalue weighted by Gasteiger charge is -2.37. The molecule has 0 radical (unpaired) electrons. The van der Waals surface area contributed by atoms with Crippen LogP contribution in [0.3, 0.4) is 0 Å². The molecule has 0 unspecified atom stereocenters. The van der Waals surface area contributed by atoms with Crippen LogP contribution in [-0.2, 0) is 14.3 Å². The van der Waals surface area contributed by atoms with Crippen molar-refractivity contribution in [3.63, 3.8) is 0 Å². The van der Waals surface area contributed by atoms with Crippen LogP contribution in [0.15, 0.2) is 30.3 Å². The van der Waals surface area contributed by atoms with E-state index in [4.69, 9.17) is 9.47 Å². The van der Waals surface area contributed by atoms with Gasteiger partial charge < -0.3 is 19.3 Å². The van der Waals surface area contributed by atoms with Gasteiger partial charge in [0.05, 0.1) is 32.3 Å². The molecule has 1 atom stereocenters. The van der Waals surface area contributed by atoms with E-state index >= 15 is 0 Å². The van der Waals surface area contributed by atoms with Gasteiger partial charge in [0.15, 0.2) is 0 Å². The molecule has 2 fully saturated rings.